The molecule has 3 aliphatic rings. The molecule has 5 rings (SSSR count). The number of nitrogens with one attached hydrogen (secondary N) is 2. The number of urea groups is 1. The molecule has 28 heavy (non-hydrogen) atoms. The number of hydrogen-bond donors (Lipinski definition) is 2. The van der Waals surface area contributed by atoms with Gasteiger partial charge >= 0.3 is 6.03 Å². The second kappa shape index (κ2) is 7.16. The molecule has 1 heterocycles. The lowest BCUT2D eigenvalue weighted by molar-refractivity contribution is 0.0951. The largest absolute Gasteiger partial charge is 0.349 e. The molecule has 2 aromatic rings. The van der Waals surface area contributed by atoms with Gasteiger partial charge in [-0.25, -0.2) is 4.79 Å². The Morgan fingerprint density at radius 1 is 1.04 bits per heavy atom. The van der Waals surface area contributed by atoms with Crippen LogP contribution in [0.5, 0.6) is 0 Å². The zero-order valence-corrected chi connectivity index (χ0v) is 16.4. The van der Waals surface area contributed by atoms with E-state index in [2.05, 4.69) is 20.8 Å². The van der Waals surface area contributed by atoms with Crippen LogP contribution >= 0.6 is 11.3 Å². The number of carbonyl (C=O) groups excluding carboxylic acids is 2. The van der Waals surface area contributed by atoms with Gasteiger partial charge in [-0.2, -0.15) is 0 Å². The summed E-state index contributed by atoms with van der Waals surface area (Å²) in [6, 6.07) is 8.03. The molecule has 1 aromatic heterocycles. The van der Waals surface area contributed by atoms with Crippen molar-refractivity contribution in [2.75, 3.05) is 5.32 Å². The first-order valence-electron chi connectivity index (χ1n) is 9.96. The molecule has 8 heteroatoms. The van der Waals surface area contributed by atoms with Crippen molar-refractivity contribution < 1.29 is 9.59 Å². The molecule has 7 nitrogen and oxygen atoms in total. The molecule has 0 unspecified atom stereocenters. The third kappa shape index (κ3) is 4.16. The smallest absolute Gasteiger partial charge is 0.324 e. The van der Waals surface area contributed by atoms with Gasteiger partial charge in [0, 0.05) is 30.1 Å². The van der Waals surface area contributed by atoms with Gasteiger partial charge in [-0.05, 0) is 56.2 Å². The average molecular weight is 398 g/mol. The van der Waals surface area contributed by atoms with Crippen LogP contribution in [0, 0.1) is 0 Å². The van der Waals surface area contributed by atoms with Crippen molar-refractivity contribution in [2.24, 2.45) is 0 Å². The maximum atomic E-state index is 12.8. The fraction of sp³-hybridized carbons (Fsp3) is 0.500. The summed E-state index contributed by atoms with van der Waals surface area (Å²) in [5, 5.41) is 15.8. The van der Waals surface area contributed by atoms with E-state index < -0.39 is 0 Å². The van der Waals surface area contributed by atoms with Gasteiger partial charge in [-0.15, -0.1) is 10.2 Å². The first-order valence-corrected chi connectivity index (χ1v) is 10.8. The summed E-state index contributed by atoms with van der Waals surface area (Å²) in [4.78, 5) is 26.8. The topological polar surface area (TPSA) is 87.2 Å². The number of nitrogens with zero attached hydrogens (tertiary/aromatic N) is 3. The van der Waals surface area contributed by atoms with Gasteiger partial charge in [0.1, 0.15) is 5.01 Å². The summed E-state index contributed by atoms with van der Waals surface area (Å²) < 4.78 is 0. The lowest BCUT2D eigenvalue weighted by Crippen LogP contribution is -2.36. The Labute approximate surface area is 167 Å². The lowest BCUT2D eigenvalue weighted by atomic mass is 10.1. The van der Waals surface area contributed by atoms with E-state index in [0.29, 0.717) is 29.2 Å². The van der Waals surface area contributed by atoms with Gasteiger partial charge < -0.3 is 10.2 Å². The van der Waals surface area contributed by atoms with E-state index in [4.69, 9.17) is 0 Å². The predicted molar refractivity (Wildman–Crippen MR) is 106 cm³/mol. The number of benzene rings is 1. The highest BCUT2D eigenvalue weighted by molar-refractivity contribution is 7.15. The Kier molecular flexibility index (Phi) is 4.50. The Balaban J connectivity index is 1.22. The van der Waals surface area contributed by atoms with Crippen LogP contribution in [0.2, 0.25) is 0 Å². The van der Waals surface area contributed by atoms with Gasteiger partial charge in [0.05, 0.1) is 0 Å². The van der Waals surface area contributed by atoms with E-state index in [9.17, 15) is 9.59 Å². The molecular weight excluding hydrogens is 374 g/mol. The highest BCUT2D eigenvalue weighted by atomic mass is 32.1. The monoisotopic (exact) mass is 397 g/mol. The van der Waals surface area contributed by atoms with Crippen LogP contribution in [0.4, 0.5) is 9.93 Å². The van der Waals surface area contributed by atoms with Crippen LogP contribution in [0.25, 0.3) is 0 Å². The fourth-order valence-electron chi connectivity index (χ4n) is 3.15. The van der Waals surface area contributed by atoms with Crippen LogP contribution in [0.15, 0.2) is 24.3 Å². The molecule has 0 saturated heterocycles. The summed E-state index contributed by atoms with van der Waals surface area (Å²) in [7, 11) is 0. The minimum Gasteiger partial charge on any atom is -0.349 e. The fourth-order valence-corrected chi connectivity index (χ4v) is 4.05. The molecule has 3 fully saturated rings. The number of aromatic nitrogens is 2. The van der Waals surface area contributed by atoms with Gasteiger partial charge in [0.2, 0.25) is 5.13 Å². The van der Waals surface area contributed by atoms with Crippen molar-refractivity contribution in [2.45, 2.75) is 63.1 Å². The Hall–Kier alpha value is -2.48. The van der Waals surface area contributed by atoms with Crippen LogP contribution in [0.1, 0.15) is 65.4 Å². The standard InChI is InChI=1S/C20H23N5O2S/c26-17(21-15-7-8-15)13-3-1-12(2-4-13)11-25(16-9-10-16)20(27)22-19-24-23-18(28-19)14-5-6-14/h1-4,14-16H,5-11H2,(H,21,26)(H,22,24,27). The van der Waals surface area contributed by atoms with Crippen molar-refractivity contribution in [3.05, 3.63) is 40.4 Å². The zero-order valence-electron chi connectivity index (χ0n) is 15.6. The van der Waals surface area contributed by atoms with Crippen LogP contribution in [-0.4, -0.2) is 39.1 Å². The second-order valence-corrected chi connectivity index (χ2v) is 8.96. The highest BCUT2D eigenvalue weighted by Gasteiger charge is 2.34. The van der Waals surface area contributed by atoms with Crippen LogP contribution < -0.4 is 10.6 Å². The van der Waals surface area contributed by atoms with E-state index in [1.165, 1.54) is 24.2 Å². The van der Waals surface area contributed by atoms with Gasteiger partial charge in [-0.1, -0.05) is 23.5 Å². The molecule has 0 bridgehead atoms. The van der Waals surface area contributed by atoms with E-state index in [1.807, 2.05) is 29.2 Å². The van der Waals surface area contributed by atoms with Gasteiger partial charge in [-0.3, -0.25) is 10.1 Å². The molecule has 0 radical (unpaired) electrons. The molecule has 0 atom stereocenters. The summed E-state index contributed by atoms with van der Waals surface area (Å²) in [6.07, 6.45) is 6.55. The minimum atomic E-state index is -0.128. The number of carbonyl (C=O) groups is 2. The molecule has 146 valence electrons. The molecule has 3 amide bonds. The van der Waals surface area contributed by atoms with E-state index in [0.717, 1.165) is 36.3 Å². The molecule has 0 aliphatic heterocycles. The third-order valence-corrected chi connectivity index (χ3v) is 6.31. The summed E-state index contributed by atoms with van der Waals surface area (Å²) in [5.41, 5.74) is 1.68. The van der Waals surface area contributed by atoms with Crippen molar-refractivity contribution >= 4 is 28.4 Å². The quantitative estimate of drug-likeness (QED) is 0.748. The number of hydrogen-bond acceptors (Lipinski definition) is 5. The third-order valence-electron chi connectivity index (χ3n) is 5.31. The van der Waals surface area contributed by atoms with E-state index in [-0.39, 0.29) is 18.0 Å². The van der Waals surface area contributed by atoms with Crippen LogP contribution in [-0.2, 0) is 6.54 Å². The van der Waals surface area contributed by atoms with Crippen molar-refractivity contribution in [3.63, 3.8) is 0 Å². The maximum Gasteiger partial charge on any atom is 0.324 e. The van der Waals surface area contributed by atoms with Crippen molar-refractivity contribution in [3.8, 4) is 0 Å². The number of rotatable bonds is 7. The molecule has 3 aliphatic carbocycles. The Morgan fingerprint density at radius 3 is 2.43 bits per heavy atom. The summed E-state index contributed by atoms with van der Waals surface area (Å²) >= 11 is 1.48. The van der Waals surface area contributed by atoms with Crippen LogP contribution in [0.3, 0.4) is 0 Å². The van der Waals surface area contributed by atoms with Crippen molar-refractivity contribution in [1.82, 2.24) is 20.4 Å². The van der Waals surface area contributed by atoms with Gasteiger partial charge in [0.25, 0.3) is 5.91 Å². The molecule has 0 spiro atoms. The Bertz CT molecular complexity index is 884. The predicted octanol–water partition coefficient (Wildman–Crippen LogP) is 3.50. The van der Waals surface area contributed by atoms with E-state index in [1.54, 1.807) is 0 Å². The average Bonchev–Trinajstić information content (AvgIpc) is 3.55. The number of amides is 3. The number of anilines is 1. The highest BCUT2D eigenvalue weighted by Crippen LogP contribution is 2.42. The van der Waals surface area contributed by atoms with Crippen molar-refractivity contribution in [1.29, 1.82) is 0 Å². The minimum absolute atomic E-state index is 0.0198. The zero-order chi connectivity index (χ0) is 19.1. The first kappa shape index (κ1) is 17.6. The summed E-state index contributed by atoms with van der Waals surface area (Å²) in [6.45, 7) is 0.523. The molecule has 3 saturated carbocycles. The van der Waals surface area contributed by atoms with E-state index >= 15 is 0 Å². The Morgan fingerprint density at radius 2 is 1.79 bits per heavy atom. The molecule has 1 aromatic carbocycles. The maximum absolute atomic E-state index is 12.8. The first-order chi connectivity index (χ1) is 13.7. The molecular formula is C20H23N5O2S. The molecule has 2 N–H and O–H groups in total. The normalized spacial score (nSPS) is 18.6. The van der Waals surface area contributed by atoms with Gasteiger partial charge in [0.15, 0.2) is 0 Å². The summed E-state index contributed by atoms with van der Waals surface area (Å²) in [5.74, 6) is 0.520. The second-order valence-electron chi connectivity index (χ2n) is 7.95. The SMILES string of the molecule is O=C(NC1CC1)c1ccc(CN(C(=O)Nc2nnc(C3CC3)s2)C2CC2)cc1. The lowest BCUT2D eigenvalue weighted by Gasteiger charge is -2.22.